The van der Waals surface area contributed by atoms with E-state index in [1.165, 1.54) is 0 Å². The number of benzene rings is 2. The molecule has 0 radical (unpaired) electrons. The smallest absolute Gasteiger partial charge is 0.341 e. The van der Waals surface area contributed by atoms with Crippen molar-refractivity contribution in [1.29, 1.82) is 0 Å². The average Bonchev–Trinajstić information content (AvgIpc) is 3.00. The molecule has 34 heavy (non-hydrogen) atoms. The van der Waals surface area contributed by atoms with E-state index in [9.17, 15) is 4.79 Å². The fourth-order valence-corrected chi connectivity index (χ4v) is 4.24. The number of carboxylic acids is 1. The number of rotatable bonds is 10. The van der Waals surface area contributed by atoms with Gasteiger partial charge in [0.1, 0.15) is 0 Å². The number of aliphatic carboxylic acids is 1. The molecule has 0 fully saturated rings. The second-order valence-electron chi connectivity index (χ2n) is 7.46. The molecule has 2 aromatic carbocycles. The number of thioether (sulfide) groups is 1. The number of aromatic nitrogens is 3. The monoisotopic (exact) mass is 482 g/mol. The van der Waals surface area contributed by atoms with E-state index in [-0.39, 0.29) is 0 Å². The van der Waals surface area contributed by atoms with Gasteiger partial charge in [-0.25, -0.2) is 4.79 Å². The number of anilines is 1. The van der Waals surface area contributed by atoms with Crippen LogP contribution in [0.1, 0.15) is 38.5 Å². The van der Waals surface area contributed by atoms with Gasteiger partial charge in [0.25, 0.3) is 0 Å². The Kier molecular flexibility index (Phi) is 7.69. The molecule has 0 bridgehead atoms. The number of unbranched alkanes of at least 4 members (excludes halogenated alkanes) is 1. The van der Waals surface area contributed by atoms with Gasteiger partial charge < -0.3 is 24.6 Å². The highest BCUT2D eigenvalue weighted by atomic mass is 32.2. The van der Waals surface area contributed by atoms with E-state index in [0.29, 0.717) is 34.8 Å². The molecule has 1 aliphatic rings. The van der Waals surface area contributed by atoms with Gasteiger partial charge >= 0.3 is 5.97 Å². The first-order valence-corrected chi connectivity index (χ1v) is 12.1. The molecule has 2 N–H and O–H groups in total. The number of carboxylic acid groups (broad SMARTS) is 1. The van der Waals surface area contributed by atoms with Crippen LogP contribution < -0.4 is 19.5 Å². The summed E-state index contributed by atoms with van der Waals surface area (Å²) >= 11 is 1.55. The van der Waals surface area contributed by atoms with Gasteiger partial charge in [0.05, 0.1) is 6.61 Å². The van der Waals surface area contributed by atoms with Crippen LogP contribution in [-0.2, 0) is 4.79 Å². The van der Waals surface area contributed by atoms with Crippen molar-refractivity contribution in [1.82, 2.24) is 15.2 Å². The second kappa shape index (κ2) is 11.1. The fourth-order valence-electron chi connectivity index (χ4n) is 3.38. The van der Waals surface area contributed by atoms with E-state index in [0.717, 1.165) is 35.4 Å². The van der Waals surface area contributed by atoms with Crippen LogP contribution in [0.5, 0.6) is 17.4 Å². The lowest BCUT2D eigenvalue weighted by Gasteiger charge is -2.21. The van der Waals surface area contributed by atoms with E-state index in [1.54, 1.807) is 30.0 Å². The van der Waals surface area contributed by atoms with Gasteiger partial charge in [-0.3, -0.25) is 0 Å². The Hall–Kier alpha value is -3.53. The zero-order valence-corrected chi connectivity index (χ0v) is 19.8. The van der Waals surface area contributed by atoms with E-state index in [1.807, 2.05) is 31.2 Å². The highest BCUT2D eigenvalue weighted by molar-refractivity contribution is 7.99. The minimum absolute atomic E-state index is 0.348. The molecule has 2 heterocycles. The number of fused-ring (bicyclic) bond motifs is 3. The molecule has 9 nitrogen and oxygen atoms in total. The molecule has 4 rings (SSSR count). The number of hydrogen-bond acceptors (Lipinski definition) is 9. The van der Waals surface area contributed by atoms with Crippen molar-refractivity contribution < 1.29 is 24.1 Å². The summed E-state index contributed by atoms with van der Waals surface area (Å²) in [5, 5.41) is 21.6. The SMILES string of the molecule is CCCCSc1nnc2c(n1)O[C@H](c1ccc(OCC(=O)O)c(OCC)c1)Nc1ccccc1-2. The maximum absolute atomic E-state index is 10.9. The standard InChI is InChI=1S/C24H26N4O5S/c1-3-5-12-34-24-26-23-21(27-28-24)16-8-6-7-9-17(16)25-22(33-23)15-10-11-18(32-14-20(29)30)19(13-15)31-4-2/h6-11,13,22,25H,3-5,12,14H2,1-2H3,(H,29,30)/t22-/m1/s1. The fraction of sp³-hybridized carbons (Fsp3) is 0.333. The van der Waals surface area contributed by atoms with Gasteiger partial charge in [-0.05, 0) is 37.6 Å². The van der Waals surface area contributed by atoms with Gasteiger partial charge in [0.2, 0.25) is 11.0 Å². The number of hydrogen-bond donors (Lipinski definition) is 2. The van der Waals surface area contributed by atoms with Crippen LogP contribution in [0, 0.1) is 0 Å². The van der Waals surface area contributed by atoms with Crippen molar-refractivity contribution in [3.8, 4) is 28.6 Å². The molecule has 0 unspecified atom stereocenters. The predicted octanol–water partition coefficient (Wildman–Crippen LogP) is 4.80. The van der Waals surface area contributed by atoms with Crippen LogP contribution in [-0.4, -0.2) is 45.2 Å². The summed E-state index contributed by atoms with van der Waals surface area (Å²) < 4.78 is 17.4. The molecule has 0 amide bonds. The van der Waals surface area contributed by atoms with Gasteiger partial charge in [-0.1, -0.05) is 43.3 Å². The Bertz CT molecular complexity index is 1160. The molecule has 0 saturated heterocycles. The van der Waals surface area contributed by atoms with Crippen molar-refractivity contribution in [2.45, 2.75) is 38.1 Å². The Labute approximate surface area is 201 Å². The van der Waals surface area contributed by atoms with Crippen molar-refractivity contribution in [3.63, 3.8) is 0 Å². The first-order valence-electron chi connectivity index (χ1n) is 11.1. The maximum atomic E-state index is 10.9. The van der Waals surface area contributed by atoms with Crippen LogP contribution in [0.25, 0.3) is 11.3 Å². The molecule has 3 aromatic rings. The molecule has 1 aromatic heterocycles. The van der Waals surface area contributed by atoms with Crippen molar-refractivity contribution >= 4 is 23.4 Å². The highest BCUT2D eigenvalue weighted by Crippen LogP contribution is 2.40. The van der Waals surface area contributed by atoms with Crippen molar-refractivity contribution in [2.75, 3.05) is 24.3 Å². The Balaban J connectivity index is 1.69. The molecule has 0 spiro atoms. The molecule has 1 atom stereocenters. The zero-order valence-electron chi connectivity index (χ0n) is 19.0. The predicted molar refractivity (Wildman–Crippen MR) is 129 cm³/mol. The maximum Gasteiger partial charge on any atom is 0.341 e. The summed E-state index contributed by atoms with van der Waals surface area (Å²) in [5.74, 6) is 1.01. The van der Waals surface area contributed by atoms with E-state index < -0.39 is 18.8 Å². The van der Waals surface area contributed by atoms with E-state index in [2.05, 4.69) is 27.4 Å². The largest absolute Gasteiger partial charge is 0.490 e. The van der Waals surface area contributed by atoms with Gasteiger partial charge in [-0.15, -0.1) is 10.2 Å². The topological polar surface area (TPSA) is 116 Å². The van der Waals surface area contributed by atoms with Gasteiger partial charge in [0, 0.05) is 22.6 Å². The second-order valence-corrected chi connectivity index (χ2v) is 8.52. The minimum Gasteiger partial charge on any atom is -0.490 e. The van der Waals surface area contributed by atoms with Crippen molar-refractivity contribution in [2.24, 2.45) is 0 Å². The summed E-state index contributed by atoms with van der Waals surface area (Å²) in [7, 11) is 0. The normalized spacial score (nSPS) is 14.1. The first kappa shape index (κ1) is 23.6. The summed E-state index contributed by atoms with van der Waals surface area (Å²) in [6.45, 7) is 3.93. The lowest BCUT2D eigenvalue weighted by molar-refractivity contribution is -0.139. The zero-order chi connectivity index (χ0) is 23.9. The third-order valence-electron chi connectivity index (χ3n) is 4.98. The Morgan fingerprint density at radius 1 is 1.15 bits per heavy atom. The summed E-state index contributed by atoms with van der Waals surface area (Å²) in [5.41, 5.74) is 3.00. The molecular weight excluding hydrogens is 456 g/mol. The third kappa shape index (κ3) is 5.51. The number of ether oxygens (including phenoxy) is 3. The minimum atomic E-state index is -1.06. The van der Waals surface area contributed by atoms with Crippen molar-refractivity contribution in [3.05, 3.63) is 48.0 Å². The number of para-hydroxylation sites is 1. The third-order valence-corrected chi connectivity index (χ3v) is 5.91. The lowest BCUT2D eigenvalue weighted by atomic mass is 10.1. The summed E-state index contributed by atoms with van der Waals surface area (Å²) in [4.78, 5) is 15.6. The van der Waals surface area contributed by atoms with E-state index >= 15 is 0 Å². The molecule has 1 aliphatic heterocycles. The number of carbonyl (C=O) groups is 1. The van der Waals surface area contributed by atoms with Crippen LogP contribution >= 0.6 is 11.8 Å². The van der Waals surface area contributed by atoms with E-state index in [4.69, 9.17) is 19.3 Å². The molecule has 10 heteroatoms. The molecule has 0 saturated carbocycles. The molecule has 0 aliphatic carbocycles. The quantitative estimate of drug-likeness (QED) is 0.308. The van der Waals surface area contributed by atoms with Crippen LogP contribution in [0.2, 0.25) is 0 Å². The van der Waals surface area contributed by atoms with Gasteiger partial charge in [0.15, 0.2) is 30.0 Å². The number of nitrogens with zero attached hydrogens (tertiary/aromatic N) is 3. The molecular formula is C24H26N4O5S. The Morgan fingerprint density at radius 3 is 2.79 bits per heavy atom. The first-order chi connectivity index (χ1) is 16.6. The summed E-state index contributed by atoms with van der Waals surface area (Å²) in [6.07, 6.45) is 1.56. The number of nitrogens with one attached hydrogen (secondary N) is 1. The lowest BCUT2D eigenvalue weighted by Crippen LogP contribution is -2.17. The summed E-state index contributed by atoms with van der Waals surface area (Å²) in [6, 6.07) is 13.0. The molecule has 178 valence electrons. The van der Waals surface area contributed by atoms with Crippen LogP contribution in [0.15, 0.2) is 47.6 Å². The average molecular weight is 483 g/mol. The van der Waals surface area contributed by atoms with Crippen LogP contribution in [0.3, 0.4) is 0 Å². The van der Waals surface area contributed by atoms with Crippen LogP contribution in [0.4, 0.5) is 5.69 Å². The highest BCUT2D eigenvalue weighted by Gasteiger charge is 2.27. The Morgan fingerprint density at radius 2 is 2.00 bits per heavy atom. The van der Waals surface area contributed by atoms with Gasteiger partial charge in [-0.2, -0.15) is 4.98 Å².